The fourth-order valence-electron chi connectivity index (χ4n) is 1.83. The van der Waals surface area contributed by atoms with E-state index in [-0.39, 0.29) is 5.54 Å². The number of rotatable bonds is 5. The van der Waals surface area contributed by atoms with Gasteiger partial charge in [0.1, 0.15) is 5.01 Å². The molecule has 2 rings (SSSR count). The summed E-state index contributed by atoms with van der Waals surface area (Å²) in [5.74, 6) is 1.38. The molecule has 0 saturated heterocycles. The van der Waals surface area contributed by atoms with Crippen molar-refractivity contribution in [1.29, 1.82) is 0 Å². The SMILES string of the molecule is COc1cccc(-c2nnc(CNC(C)(C)C)s2)c1OC. The van der Waals surface area contributed by atoms with E-state index in [2.05, 4.69) is 36.3 Å². The van der Waals surface area contributed by atoms with Gasteiger partial charge in [-0.1, -0.05) is 17.4 Å². The van der Waals surface area contributed by atoms with Crippen LogP contribution in [-0.2, 0) is 6.54 Å². The summed E-state index contributed by atoms with van der Waals surface area (Å²) in [6.45, 7) is 7.08. The summed E-state index contributed by atoms with van der Waals surface area (Å²) in [6.07, 6.45) is 0. The summed E-state index contributed by atoms with van der Waals surface area (Å²) in [5.41, 5.74) is 0.954. The summed E-state index contributed by atoms with van der Waals surface area (Å²) in [5, 5.41) is 13.7. The predicted molar refractivity (Wildman–Crippen MR) is 85.0 cm³/mol. The highest BCUT2D eigenvalue weighted by Crippen LogP contribution is 2.38. The van der Waals surface area contributed by atoms with Crippen LogP contribution in [0.15, 0.2) is 18.2 Å². The van der Waals surface area contributed by atoms with E-state index in [0.29, 0.717) is 18.0 Å². The Morgan fingerprint density at radius 3 is 2.52 bits per heavy atom. The van der Waals surface area contributed by atoms with Crippen molar-refractivity contribution in [2.45, 2.75) is 32.9 Å². The molecule has 1 aromatic carbocycles. The first-order valence-corrected chi connectivity index (χ1v) is 7.55. The Morgan fingerprint density at radius 2 is 1.90 bits per heavy atom. The highest BCUT2D eigenvalue weighted by atomic mass is 32.1. The van der Waals surface area contributed by atoms with Crippen molar-refractivity contribution < 1.29 is 9.47 Å². The molecule has 0 fully saturated rings. The fourth-order valence-corrected chi connectivity index (χ4v) is 2.63. The van der Waals surface area contributed by atoms with Crippen molar-refractivity contribution in [3.63, 3.8) is 0 Å². The van der Waals surface area contributed by atoms with Crippen LogP contribution in [0.5, 0.6) is 11.5 Å². The molecule has 0 saturated carbocycles. The average molecular weight is 307 g/mol. The van der Waals surface area contributed by atoms with E-state index >= 15 is 0 Å². The first-order chi connectivity index (χ1) is 9.94. The molecular weight excluding hydrogens is 286 g/mol. The molecule has 0 aliphatic rings. The zero-order chi connectivity index (χ0) is 15.5. The van der Waals surface area contributed by atoms with E-state index in [0.717, 1.165) is 15.6 Å². The van der Waals surface area contributed by atoms with Gasteiger partial charge in [-0.2, -0.15) is 0 Å². The van der Waals surface area contributed by atoms with Crippen molar-refractivity contribution in [3.8, 4) is 22.1 Å². The van der Waals surface area contributed by atoms with Crippen LogP contribution >= 0.6 is 11.3 Å². The standard InChI is InChI=1S/C15H21N3O2S/c1-15(2,3)16-9-12-17-18-14(21-12)10-7-6-8-11(19-4)13(10)20-5/h6-8,16H,9H2,1-5H3. The number of nitrogens with zero attached hydrogens (tertiary/aromatic N) is 2. The van der Waals surface area contributed by atoms with Crippen LogP contribution in [0, 0.1) is 0 Å². The summed E-state index contributed by atoms with van der Waals surface area (Å²) in [4.78, 5) is 0. The molecule has 0 aliphatic carbocycles. The lowest BCUT2D eigenvalue weighted by Gasteiger charge is -2.19. The molecular formula is C15H21N3O2S. The third-order valence-corrected chi connectivity index (χ3v) is 3.83. The third kappa shape index (κ3) is 3.92. The Kier molecular flexibility index (Phi) is 4.80. The summed E-state index contributed by atoms with van der Waals surface area (Å²) in [6, 6.07) is 5.75. The maximum atomic E-state index is 5.44. The summed E-state index contributed by atoms with van der Waals surface area (Å²) in [7, 11) is 3.25. The van der Waals surface area contributed by atoms with E-state index in [1.54, 1.807) is 25.6 Å². The number of benzene rings is 1. The Balaban J connectivity index is 2.25. The fraction of sp³-hybridized carbons (Fsp3) is 0.467. The number of para-hydroxylation sites is 1. The predicted octanol–water partition coefficient (Wildman–Crippen LogP) is 3.11. The van der Waals surface area contributed by atoms with E-state index in [4.69, 9.17) is 9.47 Å². The molecule has 0 spiro atoms. The molecule has 1 N–H and O–H groups in total. The highest BCUT2D eigenvalue weighted by molar-refractivity contribution is 7.14. The minimum absolute atomic E-state index is 0.0551. The minimum Gasteiger partial charge on any atom is -0.493 e. The molecule has 21 heavy (non-hydrogen) atoms. The average Bonchev–Trinajstić information content (AvgIpc) is 2.92. The van der Waals surface area contributed by atoms with Gasteiger partial charge in [0.15, 0.2) is 16.5 Å². The van der Waals surface area contributed by atoms with E-state index in [1.807, 2.05) is 18.2 Å². The van der Waals surface area contributed by atoms with E-state index in [1.165, 1.54) is 0 Å². The second kappa shape index (κ2) is 6.41. The second-order valence-electron chi connectivity index (χ2n) is 5.65. The van der Waals surface area contributed by atoms with Gasteiger partial charge in [-0.15, -0.1) is 10.2 Å². The van der Waals surface area contributed by atoms with Crippen LogP contribution in [0.4, 0.5) is 0 Å². The van der Waals surface area contributed by atoms with Gasteiger partial charge in [-0.3, -0.25) is 0 Å². The number of methoxy groups -OCH3 is 2. The van der Waals surface area contributed by atoms with Gasteiger partial charge in [-0.05, 0) is 32.9 Å². The van der Waals surface area contributed by atoms with Gasteiger partial charge >= 0.3 is 0 Å². The van der Waals surface area contributed by atoms with Crippen LogP contribution in [0.1, 0.15) is 25.8 Å². The molecule has 0 radical (unpaired) electrons. The molecule has 0 aliphatic heterocycles. The van der Waals surface area contributed by atoms with Crippen molar-refractivity contribution in [2.24, 2.45) is 0 Å². The Hall–Kier alpha value is -1.66. The van der Waals surface area contributed by atoms with Gasteiger partial charge in [0, 0.05) is 5.54 Å². The Morgan fingerprint density at radius 1 is 1.14 bits per heavy atom. The normalized spacial score (nSPS) is 11.5. The molecule has 2 aromatic rings. The topological polar surface area (TPSA) is 56.3 Å². The number of nitrogens with one attached hydrogen (secondary N) is 1. The first-order valence-electron chi connectivity index (χ1n) is 6.73. The molecule has 0 unspecified atom stereocenters. The Labute approximate surface area is 129 Å². The Bertz CT molecular complexity index is 605. The van der Waals surface area contributed by atoms with E-state index < -0.39 is 0 Å². The smallest absolute Gasteiger partial charge is 0.171 e. The highest BCUT2D eigenvalue weighted by Gasteiger charge is 2.16. The number of hydrogen-bond donors (Lipinski definition) is 1. The van der Waals surface area contributed by atoms with Crippen LogP contribution < -0.4 is 14.8 Å². The number of ether oxygens (including phenoxy) is 2. The van der Waals surface area contributed by atoms with Gasteiger partial charge in [0.25, 0.3) is 0 Å². The second-order valence-corrected chi connectivity index (χ2v) is 6.71. The largest absolute Gasteiger partial charge is 0.493 e. The lowest BCUT2D eigenvalue weighted by atomic mass is 10.1. The molecule has 0 bridgehead atoms. The number of aromatic nitrogens is 2. The maximum Gasteiger partial charge on any atom is 0.171 e. The van der Waals surface area contributed by atoms with Gasteiger partial charge in [-0.25, -0.2) is 0 Å². The minimum atomic E-state index is 0.0551. The molecule has 6 heteroatoms. The molecule has 0 atom stereocenters. The van der Waals surface area contributed by atoms with Crippen molar-refractivity contribution in [1.82, 2.24) is 15.5 Å². The van der Waals surface area contributed by atoms with Gasteiger partial charge in [0.05, 0.1) is 26.3 Å². The van der Waals surface area contributed by atoms with Crippen LogP contribution in [0.3, 0.4) is 0 Å². The van der Waals surface area contributed by atoms with Crippen molar-refractivity contribution in [2.75, 3.05) is 14.2 Å². The van der Waals surface area contributed by atoms with Gasteiger partial charge in [0.2, 0.25) is 0 Å². The third-order valence-electron chi connectivity index (χ3n) is 2.87. The molecule has 114 valence electrons. The molecule has 1 aromatic heterocycles. The molecule has 0 amide bonds. The zero-order valence-corrected chi connectivity index (χ0v) is 13.9. The van der Waals surface area contributed by atoms with Gasteiger partial charge < -0.3 is 14.8 Å². The van der Waals surface area contributed by atoms with Crippen molar-refractivity contribution >= 4 is 11.3 Å². The van der Waals surface area contributed by atoms with E-state index in [9.17, 15) is 0 Å². The zero-order valence-electron chi connectivity index (χ0n) is 13.1. The monoisotopic (exact) mass is 307 g/mol. The lowest BCUT2D eigenvalue weighted by Crippen LogP contribution is -2.35. The molecule has 5 nitrogen and oxygen atoms in total. The first kappa shape index (κ1) is 15.7. The van der Waals surface area contributed by atoms with Crippen LogP contribution in [-0.4, -0.2) is 30.0 Å². The molecule has 1 heterocycles. The quantitative estimate of drug-likeness (QED) is 0.920. The summed E-state index contributed by atoms with van der Waals surface area (Å²) >= 11 is 1.56. The van der Waals surface area contributed by atoms with Crippen LogP contribution in [0.2, 0.25) is 0 Å². The summed E-state index contributed by atoms with van der Waals surface area (Å²) < 4.78 is 10.8. The van der Waals surface area contributed by atoms with Crippen LogP contribution in [0.25, 0.3) is 10.6 Å². The maximum absolute atomic E-state index is 5.44. The van der Waals surface area contributed by atoms with Crippen molar-refractivity contribution in [3.05, 3.63) is 23.2 Å². The lowest BCUT2D eigenvalue weighted by molar-refractivity contribution is 0.356. The number of hydrogen-bond acceptors (Lipinski definition) is 6.